The highest BCUT2D eigenvalue weighted by atomic mass is 16.3. The molecule has 1 atom stereocenters. The Morgan fingerprint density at radius 3 is 2.70 bits per heavy atom. The molecule has 110 valence electrons. The third-order valence-corrected chi connectivity index (χ3v) is 3.72. The minimum Gasteiger partial charge on any atom is -0.397 e. The lowest BCUT2D eigenvalue weighted by Gasteiger charge is -2.37. The van der Waals surface area contributed by atoms with Crippen LogP contribution in [-0.4, -0.2) is 48.7 Å². The number of carbonyl (C=O) groups excluding carboxylic acids is 1. The Hall–Kier alpha value is -1.75. The molecule has 1 aromatic rings. The average Bonchev–Trinajstić information content (AvgIpc) is 2.36. The van der Waals surface area contributed by atoms with E-state index in [1.807, 2.05) is 25.1 Å². The van der Waals surface area contributed by atoms with E-state index in [2.05, 4.69) is 0 Å². The van der Waals surface area contributed by atoms with Crippen molar-refractivity contribution in [2.24, 2.45) is 0 Å². The number of piperidine rings is 1. The summed E-state index contributed by atoms with van der Waals surface area (Å²) in [6, 6.07) is 5.35. The zero-order chi connectivity index (χ0) is 14.9. The number of amides is 1. The van der Waals surface area contributed by atoms with Crippen molar-refractivity contribution in [3.63, 3.8) is 0 Å². The number of benzene rings is 1. The molecule has 1 aliphatic heterocycles. The molecule has 2 rings (SSSR count). The van der Waals surface area contributed by atoms with Gasteiger partial charge in [0.1, 0.15) is 0 Å². The van der Waals surface area contributed by atoms with Gasteiger partial charge in [0.2, 0.25) is 0 Å². The number of nitrogens with two attached hydrogens (primary N) is 1. The maximum atomic E-state index is 12.5. The van der Waals surface area contributed by atoms with Gasteiger partial charge in [-0.3, -0.25) is 4.79 Å². The van der Waals surface area contributed by atoms with Gasteiger partial charge >= 0.3 is 0 Å². The molecular formula is C15H23N3O2. The van der Waals surface area contributed by atoms with E-state index < -0.39 is 5.60 Å². The van der Waals surface area contributed by atoms with Crippen molar-refractivity contribution in [3.05, 3.63) is 23.8 Å². The van der Waals surface area contributed by atoms with Crippen LogP contribution in [0.5, 0.6) is 0 Å². The van der Waals surface area contributed by atoms with E-state index in [0.29, 0.717) is 24.3 Å². The molecule has 1 aliphatic rings. The number of β-amino-alcohol motifs (C(OH)–C–C–N with tert-alkyl or cyclic N) is 1. The van der Waals surface area contributed by atoms with Crippen LogP contribution < -0.4 is 10.6 Å². The van der Waals surface area contributed by atoms with Gasteiger partial charge in [-0.15, -0.1) is 0 Å². The van der Waals surface area contributed by atoms with E-state index in [9.17, 15) is 9.90 Å². The van der Waals surface area contributed by atoms with Gasteiger partial charge in [-0.05, 0) is 38.0 Å². The van der Waals surface area contributed by atoms with Gasteiger partial charge in [0.15, 0.2) is 0 Å². The van der Waals surface area contributed by atoms with Crippen molar-refractivity contribution in [2.45, 2.75) is 25.4 Å². The lowest BCUT2D eigenvalue weighted by Crippen LogP contribution is -2.48. The number of hydrogen-bond acceptors (Lipinski definition) is 4. The standard InChI is InChI=1S/C15H23N3O2/c1-15(20)7-4-8-18(10-15)14(19)11-5-6-13(17(2)3)12(16)9-11/h5-6,9,20H,4,7-8,10,16H2,1-3H3. The first-order valence-electron chi connectivity index (χ1n) is 6.89. The van der Waals surface area contributed by atoms with Gasteiger partial charge in [0, 0.05) is 32.7 Å². The van der Waals surface area contributed by atoms with Gasteiger partial charge in [0.05, 0.1) is 17.0 Å². The largest absolute Gasteiger partial charge is 0.397 e. The Labute approximate surface area is 120 Å². The Balaban J connectivity index is 2.19. The molecule has 5 heteroatoms. The fourth-order valence-corrected chi connectivity index (χ4v) is 2.67. The number of aliphatic hydroxyl groups is 1. The Morgan fingerprint density at radius 1 is 1.45 bits per heavy atom. The zero-order valence-corrected chi connectivity index (χ0v) is 12.4. The molecule has 1 fully saturated rings. The van der Waals surface area contributed by atoms with Crippen LogP contribution in [0.15, 0.2) is 18.2 Å². The highest BCUT2D eigenvalue weighted by Gasteiger charge is 2.31. The van der Waals surface area contributed by atoms with Crippen molar-refractivity contribution in [1.82, 2.24) is 4.90 Å². The first kappa shape index (κ1) is 14.7. The van der Waals surface area contributed by atoms with E-state index in [1.54, 1.807) is 24.0 Å². The summed E-state index contributed by atoms with van der Waals surface area (Å²) >= 11 is 0. The molecule has 1 saturated heterocycles. The summed E-state index contributed by atoms with van der Waals surface area (Å²) in [6.45, 7) is 2.83. The Morgan fingerprint density at radius 2 is 2.15 bits per heavy atom. The van der Waals surface area contributed by atoms with Gasteiger partial charge in [-0.1, -0.05) is 0 Å². The molecule has 5 nitrogen and oxygen atoms in total. The molecule has 1 unspecified atom stereocenters. The predicted molar refractivity (Wildman–Crippen MR) is 80.9 cm³/mol. The fourth-order valence-electron chi connectivity index (χ4n) is 2.67. The molecule has 0 aliphatic carbocycles. The maximum absolute atomic E-state index is 12.5. The second kappa shape index (κ2) is 5.32. The lowest BCUT2D eigenvalue weighted by atomic mass is 9.94. The first-order chi connectivity index (χ1) is 9.30. The molecule has 1 aromatic carbocycles. The normalized spacial score (nSPS) is 22.7. The highest BCUT2D eigenvalue weighted by molar-refractivity contribution is 5.96. The summed E-state index contributed by atoms with van der Waals surface area (Å²) in [5.41, 5.74) is 7.25. The minimum atomic E-state index is -0.789. The average molecular weight is 277 g/mol. The number of rotatable bonds is 2. The molecule has 0 aromatic heterocycles. The van der Waals surface area contributed by atoms with E-state index in [4.69, 9.17) is 5.73 Å². The van der Waals surface area contributed by atoms with Gasteiger partial charge in [-0.25, -0.2) is 0 Å². The molecule has 20 heavy (non-hydrogen) atoms. The van der Waals surface area contributed by atoms with E-state index in [-0.39, 0.29) is 5.91 Å². The van der Waals surface area contributed by atoms with Crippen LogP contribution in [0.2, 0.25) is 0 Å². The number of anilines is 2. The smallest absolute Gasteiger partial charge is 0.254 e. The van der Waals surface area contributed by atoms with Gasteiger partial charge in [-0.2, -0.15) is 0 Å². The summed E-state index contributed by atoms with van der Waals surface area (Å²) in [5.74, 6) is -0.0676. The molecule has 3 N–H and O–H groups in total. The van der Waals surface area contributed by atoms with E-state index >= 15 is 0 Å². The van der Waals surface area contributed by atoms with Crippen molar-refractivity contribution >= 4 is 17.3 Å². The minimum absolute atomic E-state index is 0.0676. The summed E-state index contributed by atoms with van der Waals surface area (Å²) in [4.78, 5) is 16.1. The maximum Gasteiger partial charge on any atom is 0.254 e. The van der Waals surface area contributed by atoms with Crippen LogP contribution >= 0.6 is 0 Å². The molecular weight excluding hydrogens is 254 g/mol. The molecule has 1 heterocycles. The second-order valence-corrected chi connectivity index (χ2v) is 6.00. The number of hydrogen-bond donors (Lipinski definition) is 2. The Bertz CT molecular complexity index is 512. The fraction of sp³-hybridized carbons (Fsp3) is 0.533. The van der Waals surface area contributed by atoms with Crippen LogP contribution in [0, 0.1) is 0 Å². The lowest BCUT2D eigenvalue weighted by molar-refractivity contribution is -0.0107. The zero-order valence-electron chi connectivity index (χ0n) is 12.4. The quantitative estimate of drug-likeness (QED) is 0.800. The third-order valence-electron chi connectivity index (χ3n) is 3.72. The van der Waals surface area contributed by atoms with Crippen LogP contribution in [0.25, 0.3) is 0 Å². The number of nitrogen functional groups attached to an aromatic ring is 1. The van der Waals surface area contributed by atoms with Crippen molar-refractivity contribution in [2.75, 3.05) is 37.8 Å². The molecule has 0 radical (unpaired) electrons. The van der Waals surface area contributed by atoms with Crippen molar-refractivity contribution in [3.8, 4) is 0 Å². The van der Waals surface area contributed by atoms with Crippen LogP contribution in [0.4, 0.5) is 11.4 Å². The molecule has 0 saturated carbocycles. The molecule has 1 amide bonds. The Kier molecular flexibility index (Phi) is 3.90. The summed E-state index contributed by atoms with van der Waals surface area (Å²) in [7, 11) is 3.82. The van der Waals surface area contributed by atoms with Gasteiger partial charge < -0.3 is 20.6 Å². The molecule has 0 spiro atoms. The highest BCUT2D eigenvalue weighted by Crippen LogP contribution is 2.25. The van der Waals surface area contributed by atoms with Crippen molar-refractivity contribution in [1.29, 1.82) is 0 Å². The SMILES string of the molecule is CN(C)c1ccc(C(=O)N2CCCC(C)(O)C2)cc1N. The predicted octanol–water partition coefficient (Wildman–Crippen LogP) is 1.32. The summed E-state index contributed by atoms with van der Waals surface area (Å²) < 4.78 is 0. The third kappa shape index (κ3) is 3.04. The van der Waals surface area contributed by atoms with E-state index in [1.165, 1.54) is 0 Å². The van der Waals surface area contributed by atoms with Gasteiger partial charge in [0.25, 0.3) is 5.91 Å². The van der Waals surface area contributed by atoms with E-state index in [0.717, 1.165) is 18.5 Å². The summed E-state index contributed by atoms with van der Waals surface area (Å²) in [5, 5.41) is 10.1. The first-order valence-corrected chi connectivity index (χ1v) is 6.89. The second-order valence-electron chi connectivity index (χ2n) is 6.00. The molecule has 0 bridgehead atoms. The number of likely N-dealkylation sites (tertiary alicyclic amines) is 1. The van der Waals surface area contributed by atoms with Crippen molar-refractivity contribution < 1.29 is 9.90 Å². The van der Waals surface area contributed by atoms with Crippen LogP contribution in [0.1, 0.15) is 30.1 Å². The summed E-state index contributed by atoms with van der Waals surface area (Å²) in [6.07, 6.45) is 1.56. The topological polar surface area (TPSA) is 69.8 Å². The van der Waals surface area contributed by atoms with Crippen LogP contribution in [0.3, 0.4) is 0 Å². The monoisotopic (exact) mass is 277 g/mol. The number of carbonyl (C=O) groups is 1. The number of nitrogens with zero attached hydrogens (tertiary/aromatic N) is 2. The van der Waals surface area contributed by atoms with Crippen LogP contribution in [-0.2, 0) is 0 Å².